The van der Waals surface area contributed by atoms with Crippen LogP contribution in [0.15, 0.2) is 45.1 Å². The van der Waals surface area contributed by atoms with E-state index in [1.54, 1.807) is 6.92 Å². The van der Waals surface area contributed by atoms with E-state index in [4.69, 9.17) is 20.6 Å². The number of aryl methyl sites for hydroxylation is 1. The number of alkyl halides is 2. The molecule has 4 atom stereocenters. The van der Waals surface area contributed by atoms with Crippen LogP contribution in [-0.4, -0.2) is 46.9 Å². The summed E-state index contributed by atoms with van der Waals surface area (Å²) in [6, 6.07) is 1.52. The second kappa shape index (κ2) is 8.13. The fourth-order valence-electron chi connectivity index (χ4n) is 5.72. The quantitative estimate of drug-likeness (QED) is 0.436. The summed E-state index contributed by atoms with van der Waals surface area (Å²) in [5.41, 5.74) is 9.50. The lowest BCUT2D eigenvalue weighted by Gasteiger charge is -2.47. The summed E-state index contributed by atoms with van der Waals surface area (Å²) in [5.74, 6) is -7.01. The third kappa shape index (κ3) is 3.41. The van der Waals surface area contributed by atoms with Crippen LogP contribution in [-0.2, 0) is 12.0 Å². The number of hydrogen-bond acceptors (Lipinski definition) is 11. The molecule has 204 valence electrons. The highest BCUT2D eigenvalue weighted by atomic mass is 32.2. The number of nitrogens with two attached hydrogens (primary N) is 2. The number of anilines is 1. The zero-order valence-corrected chi connectivity index (χ0v) is 21.7. The number of pyridine rings is 1. The summed E-state index contributed by atoms with van der Waals surface area (Å²) < 4.78 is 70.6. The minimum Gasteiger partial charge on any atom is -0.466 e. The van der Waals surface area contributed by atoms with Crippen molar-refractivity contribution < 1.29 is 26.7 Å². The molecule has 3 aromatic rings. The van der Waals surface area contributed by atoms with E-state index in [9.17, 15) is 4.39 Å². The highest BCUT2D eigenvalue weighted by molar-refractivity contribution is 8.13. The van der Waals surface area contributed by atoms with Crippen LogP contribution in [0.4, 0.5) is 23.4 Å². The van der Waals surface area contributed by atoms with Gasteiger partial charge in [0.15, 0.2) is 24.1 Å². The fraction of sp³-hybridized carbons (Fsp3) is 0.417. The average molecular weight is 563 g/mol. The fourth-order valence-corrected chi connectivity index (χ4v) is 6.94. The summed E-state index contributed by atoms with van der Waals surface area (Å²) in [4.78, 5) is 17.7. The Kier molecular flexibility index (Phi) is 5.32. The molecule has 0 spiro atoms. The monoisotopic (exact) mass is 562 g/mol. The number of ether oxygens (including phenoxy) is 1. The minimum atomic E-state index is -3.19. The second-order valence-corrected chi connectivity index (χ2v) is 11.4. The molecule has 0 aromatic carbocycles. The predicted octanol–water partition coefficient (Wildman–Crippen LogP) is 4.07. The van der Waals surface area contributed by atoms with Crippen LogP contribution in [0.2, 0.25) is 0 Å². The van der Waals surface area contributed by atoms with Crippen LogP contribution < -0.4 is 16.2 Å². The summed E-state index contributed by atoms with van der Waals surface area (Å²) in [7, 11) is 0. The minimum absolute atomic E-state index is 0.0140. The molecule has 3 aromatic heterocycles. The van der Waals surface area contributed by atoms with Crippen molar-refractivity contribution in [3.05, 3.63) is 53.2 Å². The van der Waals surface area contributed by atoms with Crippen LogP contribution in [0.5, 0.6) is 5.88 Å². The standard InChI is InChI=1S/C24H22F4N8O2S/c1-10-35-36-14(38-10)8-37-19-17(34-16-13(33-19)4-5-31-18(16)30)23(6-11(25)15(26)12(29)7-23)21(2)20-22(3,24(20,27)28)39-9-32-21/h4-6,9,20H,7-8,29H2,1-3H3,(H2,30,31)/t20-,21+,22?,23+/m1/s1. The van der Waals surface area contributed by atoms with E-state index in [2.05, 4.69) is 30.1 Å². The van der Waals surface area contributed by atoms with Gasteiger partial charge in [-0.1, -0.05) is 0 Å². The lowest BCUT2D eigenvalue weighted by atomic mass is 9.61. The number of nitrogens with zero attached hydrogens (tertiary/aromatic N) is 6. The molecule has 6 rings (SSSR count). The van der Waals surface area contributed by atoms with E-state index < -0.39 is 51.3 Å². The Morgan fingerprint density at radius 3 is 2.64 bits per heavy atom. The van der Waals surface area contributed by atoms with E-state index in [1.807, 2.05) is 0 Å². The summed E-state index contributed by atoms with van der Waals surface area (Å²) >= 11 is 0.884. The number of nitrogen functional groups attached to an aromatic ring is 1. The molecule has 2 aliphatic carbocycles. The molecule has 0 radical (unpaired) electrons. The Morgan fingerprint density at radius 2 is 1.95 bits per heavy atom. The molecule has 39 heavy (non-hydrogen) atoms. The second-order valence-electron chi connectivity index (χ2n) is 10.1. The first-order chi connectivity index (χ1) is 18.3. The van der Waals surface area contributed by atoms with Crippen LogP contribution >= 0.6 is 11.8 Å². The molecule has 1 aliphatic heterocycles. The molecule has 1 fully saturated rings. The van der Waals surface area contributed by atoms with Crippen LogP contribution in [0, 0.1) is 12.8 Å². The summed E-state index contributed by atoms with van der Waals surface area (Å²) in [5, 5.41) is 7.64. The van der Waals surface area contributed by atoms with Crippen LogP contribution in [0.1, 0.15) is 37.7 Å². The molecule has 0 amide bonds. The highest BCUT2D eigenvalue weighted by Gasteiger charge is 2.87. The number of halogens is 4. The third-order valence-electron chi connectivity index (χ3n) is 7.81. The van der Waals surface area contributed by atoms with E-state index in [0.29, 0.717) is 0 Å². The molecule has 15 heteroatoms. The summed E-state index contributed by atoms with van der Waals surface area (Å²) in [6.07, 6.45) is 1.86. The molecule has 0 saturated heterocycles. The van der Waals surface area contributed by atoms with Gasteiger partial charge in [-0.15, -0.1) is 22.0 Å². The van der Waals surface area contributed by atoms with Crippen molar-refractivity contribution in [1.82, 2.24) is 25.1 Å². The Bertz CT molecular complexity index is 1630. The van der Waals surface area contributed by atoms with Crippen LogP contribution in [0.25, 0.3) is 11.0 Å². The number of allylic oxidation sites excluding steroid dienone is 3. The number of rotatable bonds is 5. The molecule has 3 aliphatic rings. The van der Waals surface area contributed by atoms with Crippen molar-refractivity contribution in [1.29, 1.82) is 0 Å². The van der Waals surface area contributed by atoms with Crippen LogP contribution in [0.3, 0.4) is 0 Å². The molecule has 1 unspecified atom stereocenters. The normalized spacial score (nSPS) is 31.3. The van der Waals surface area contributed by atoms with Gasteiger partial charge in [-0.3, -0.25) is 4.99 Å². The highest BCUT2D eigenvalue weighted by Crippen LogP contribution is 2.75. The van der Waals surface area contributed by atoms with E-state index in [0.717, 1.165) is 17.8 Å². The number of aliphatic imine (C=N–C) groups is 1. The Morgan fingerprint density at radius 1 is 1.18 bits per heavy atom. The van der Waals surface area contributed by atoms with Gasteiger partial charge in [0.1, 0.15) is 11.2 Å². The smallest absolute Gasteiger partial charge is 0.269 e. The maximum atomic E-state index is 15.4. The average Bonchev–Trinajstić information content (AvgIpc) is 3.12. The van der Waals surface area contributed by atoms with E-state index >= 15 is 13.2 Å². The van der Waals surface area contributed by atoms with Crippen molar-refractivity contribution in [3.8, 4) is 5.88 Å². The number of thioether (sulfide) groups is 1. The Labute approximate surface area is 223 Å². The van der Waals surface area contributed by atoms with Crippen molar-refractivity contribution in [2.24, 2.45) is 16.6 Å². The summed E-state index contributed by atoms with van der Waals surface area (Å²) in [6.45, 7) is 4.18. The lowest BCUT2D eigenvalue weighted by Crippen LogP contribution is -2.54. The van der Waals surface area contributed by atoms with Gasteiger partial charge in [0, 0.05) is 25.2 Å². The van der Waals surface area contributed by atoms with Gasteiger partial charge in [0.05, 0.1) is 32.7 Å². The topological polar surface area (TPSA) is 151 Å². The largest absolute Gasteiger partial charge is 0.466 e. The van der Waals surface area contributed by atoms with Crippen molar-refractivity contribution >= 4 is 34.2 Å². The third-order valence-corrected chi connectivity index (χ3v) is 9.02. The Balaban J connectivity index is 1.62. The number of fused-ring (bicyclic) bond motifs is 2. The van der Waals surface area contributed by atoms with Gasteiger partial charge in [-0.2, -0.15) is 0 Å². The van der Waals surface area contributed by atoms with Crippen molar-refractivity contribution in [2.45, 2.75) is 55.4 Å². The van der Waals surface area contributed by atoms with Gasteiger partial charge in [-0.05, 0) is 26.0 Å². The molecule has 4 N–H and O–H groups in total. The molecule has 10 nitrogen and oxygen atoms in total. The van der Waals surface area contributed by atoms with Gasteiger partial charge in [-0.25, -0.2) is 32.5 Å². The number of hydrogen-bond donors (Lipinski definition) is 2. The van der Waals surface area contributed by atoms with Crippen molar-refractivity contribution in [3.63, 3.8) is 0 Å². The molecule has 0 bridgehead atoms. The van der Waals surface area contributed by atoms with E-state index in [1.165, 1.54) is 31.7 Å². The first kappa shape index (κ1) is 25.5. The zero-order valence-electron chi connectivity index (χ0n) is 20.9. The van der Waals surface area contributed by atoms with E-state index in [-0.39, 0.29) is 46.8 Å². The first-order valence-electron chi connectivity index (χ1n) is 11.8. The maximum absolute atomic E-state index is 15.4. The lowest BCUT2D eigenvalue weighted by molar-refractivity contribution is 0.0632. The van der Waals surface area contributed by atoms with Gasteiger partial charge >= 0.3 is 0 Å². The maximum Gasteiger partial charge on any atom is 0.269 e. The predicted molar refractivity (Wildman–Crippen MR) is 134 cm³/mol. The zero-order chi connectivity index (χ0) is 28.0. The SMILES string of the molecule is Cc1nnc(COc2nc3ccnc(N)c3nc2[C@]2([C@@]3(C)N=CSC4(C)[C@@H]3C4(F)F)C=C(F)C(F)=C(N)C2)o1. The van der Waals surface area contributed by atoms with Gasteiger partial charge in [0.2, 0.25) is 11.8 Å². The van der Waals surface area contributed by atoms with Gasteiger partial charge < -0.3 is 20.6 Å². The Hall–Kier alpha value is -3.75. The first-order valence-corrected chi connectivity index (χ1v) is 12.7. The van der Waals surface area contributed by atoms with Crippen molar-refractivity contribution in [2.75, 3.05) is 5.73 Å². The molecule has 4 heterocycles. The number of aromatic nitrogens is 5. The molecular formula is C24H22F4N8O2S. The molecular weight excluding hydrogens is 540 g/mol. The van der Waals surface area contributed by atoms with Gasteiger partial charge in [0.25, 0.3) is 11.8 Å². The molecule has 1 saturated carbocycles.